The number of alkyl carbamates (subject to hydrolysis) is 1. The lowest BCUT2D eigenvalue weighted by Crippen LogP contribution is -2.43. The van der Waals surface area contributed by atoms with Crippen molar-refractivity contribution in [1.82, 2.24) is 15.5 Å². The number of carbonyl (C=O) groups is 1. The monoisotopic (exact) mass is 461 g/mol. The van der Waals surface area contributed by atoms with E-state index in [4.69, 9.17) is 16.3 Å². The molecule has 0 aromatic heterocycles. The smallest absolute Gasteiger partial charge is 0.407 e. The summed E-state index contributed by atoms with van der Waals surface area (Å²) in [4.78, 5) is 14.4. The number of hydrogen-bond acceptors (Lipinski definition) is 4. The molecule has 0 radical (unpaired) electrons. The van der Waals surface area contributed by atoms with Crippen LogP contribution in [-0.2, 0) is 11.3 Å². The maximum Gasteiger partial charge on any atom is 0.407 e. The number of ether oxygens (including phenoxy) is 1. The molecule has 2 atom stereocenters. The second-order valence-corrected chi connectivity index (χ2v) is 9.10. The average molecular weight is 462 g/mol. The van der Waals surface area contributed by atoms with Crippen LogP contribution in [0.4, 0.5) is 4.79 Å². The van der Waals surface area contributed by atoms with E-state index in [-0.39, 0.29) is 18.1 Å². The average Bonchev–Trinajstić information content (AvgIpc) is 3.28. The Morgan fingerprint density at radius 2 is 1.73 bits per heavy atom. The summed E-state index contributed by atoms with van der Waals surface area (Å²) >= 11 is 6.18. The quantitative estimate of drug-likeness (QED) is 0.561. The van der Waals surface area contributed by atoms with Crippen molar-refractivity contribution in [2.45, 2.75) is 18.6 Å². The second-order valence-electron chi connectivity index (χ2n) is 8.66. The molecule has 2 heterocycles. The van der Waals surface area contributed by atoms with Crippen LogP contribution < -0.4 is 10.6 Å². The van der Waals surface area contributed by atoms with E-state index < -0.39 is 0 Å². The fourth-order valence-corrected chi connectivity index (χ4v) is 4.95. The molecule has 170 valence electrons. The number of nitrogens with zero attached hydrogens (tertiary/aromatic N) is 1. The SMILES string of the molecule is O=C1NCC(C(c2ccc(Cl)cc2)c2ccc(-c3ccccc3)cc2CN2CCNCC2)O1. The van der Waals surface area contributed by atoms with E-state index in [1.54, 1.807) is 0 Å². The molecule has 2 unspecified atom stereocenters. The van der Waals surface area contributed by atoms with Crippen molar-refractivity contribution in [2.24, 2.45) is 0 Å². The number of hydrogen-bond donors (Lipinski definition) is 2. The zero-order chi connectivity index (χ0) is 22.6. The molecule has 0 bridgehead atoms. The predicted molar refractivity (Wildman–Crippen MR) is 132 cm³/mol. The number of piperazine rings is 1. The summed E-state index contributed by atoms with van der Waals surface area (Å²) in [6.07, 6.45) is -0.633. The number of nitrogens with one attached hydrogen (secondary N) is 2. The van der Waals surface area contributed by atoms with Crippen molar-refractivity contribution >= 4 is 17.7 Å². The third-order valence-electron chi connectivity index (χ3n) is 6.50. The third kappa shape index (κ3) is 5.06. The van der Waals surface area contributed by atoms with E-state index in [0.717, 1.165) is 38.3 Å². The van der Waals surface area contributed by atoms with Crippen LogP contribution in [0, 0.1) is 0 Å². The minimum Gasteiger partial charge on any atom is -0.443 e. The van der Waals surface area contributed by atoms with Crippen LogP contribution in [0.15, 0.2) is 72.8 Å². The fraction of sp³-hybridized carbons (Fsp3) is 0.296. The maximum atomic E-state index is 11.9. The van der Waals surface area contributed by atoms with Gasteiger partial charge < -0.3 is 15.4 Å². The lowest BCUT2D eigenvalue weighted by atomic mass is 9.82. The van der Waals surface area contributed by atoms with Crippen molar-refractivity contribution in [3.8, 4) is 11.1 Å². The van der Waals surface area contributed by atoms with Crippen LogP contribution in [0.2, 0.25) is 5.02 Å². The molecular weight excluding hydrogens is 434 g/mol. The van der Waals surface area contributed by atoms with Crippen LogP contribution in [-0.4, -0.2) is 49.8 Å². The van der Waals surface area contributed by atoms with Gasteiger partial charge in [0.2, 0.25) is 0 Å². The van der Waals surface area contributed by atoms with Gasteiger partial charge in [-0.2, -0.15) is 0 Å². The summed E-state index contributed by atoms with van der Waals surface area (Å²) in [5, 5.41) is 6.96. The van der Waals surface area contributed by atoms with E-state index in [1.165, 1.54) is 22.3 Å². The summed E-state index contributed by atoms with van der Waals surface area (Å²) in [5.74, 6) is -0.0797. The van der Waals surface area contributed by atoms with E-state index >= 15 is 0 Å². The molecule has 3 aromatic rings. The van der Waals surface area contributed by atoms with Crippen molar-refractivity contribution in [3.63, 3.8) is 0 Å². The first kappa shape index (κ1) is 22.0. The van der Waals surface area contributed by atoms with Crippen LogP contribution >= 0.6 is 11.6 Å². The predicted octanol–water partition coefficient (Wildman–Crippen LogP) is 4.65. The largest absolute Gasteiger partial charge is 0.443 e. The zero-order valence-electron chi connectivity index (χ0n) is 18.5. The summed E-state index contributed by atoms with van der Waals surface area (Å²) in [7, 11) is 0. The van der Waals surface area contributed by atoms with Gasteiger partial charge in [0.1, 0.15) is 6.10 Å². The van der Waals surface area contributed by atoms with Crippen molar-refractivity contribution in [2.75, 3.05) is 32.7 Å². The highest BCUT2D eigenvalue weighted by Gasteiger charge is 2.34. The molecule has 3 aromatic carbocycles. The molecule has 5 rings (SSSR count). The molecule has 2 aliphatic heterocycles. The van der Waals surface area contributed by atoms with E-state index in [9.17, 15) is 4.79 Å². The van der Waals surface area contributed by atoms with Gasteiger partial charge in [0.05, 0.1) is 6.54 Å². The Hall–Kier alpha value is -2.86. The standard InChI is InChI=1S/C27H28ClN3O2/c28-23-9-6-20(7-10-23)26(25-17-30-27(32)33-25)24-11-8-21(19-4-2-1-3-5-19)16-22(24)18-31-14-12-29-13-15-31/h1-11,16,25-26,29H,12-15,17-18H2,(H,30,32). The number of cyclic esters (lactones) is 1. The highest BCUT2D eigenvalue weighted by Crippen LogP contribution is 2.36. The fourth-order valence-electron chi connectivity index (χ4n) is 4.82. The van der Waals surface area contributed by atoms with Crippen molar-refractivity contribution < 1.29 is 9.53 Å². The topological polar surface area (TPSA) is 53.6 Å². The van der Waals surface area contributed by atoms with Crippen molar-refractivity contribution in [3.05, 3.63) is 94.5 Å². The number of amides is 1. The van der Waals surface area contributed by atoms with Crippen LogP contribution in [0.3, 0.4) is 0 Å². The van der Waals surface area contributed by atoms with Gasteiger partial charge in [-0.1, -0.05) is 66.2 Å². The minimum absolute atomic E-state index is 0.0797. The van der Waals surface area contributed by atoms with Crippen LogP contribution in [0.5, 0.6) is 0 Å². The summed E-state index contributed by atoms with van der Waals surface area (Å²) < 4.78 is 5.72. The number of benzene rings is 3. The Kier molecular flexibility index (Phi) is 6.63. The van der Waals surface area contributed by atoms with Gasteiger partial charge >= 0.3 is 6.09 Å². The molecule has 0 aliphatic carbocycles. The molecular formula is C27H28ClN3O2. The van der Waals surface area contributed by atoms with Gasteiger partial charge in [0.25, 0.3) is 0 Å². The minimum atomic E-state index is -0.358. The Bertz CT molecular complexity index is 1100. The van der Waals surface area contributed by atoms with Gasteiger partial charge in [-0.3, -0.25) is 4.90 Å². The lowest BCUT2D eigenvalue weighted by molar-refractivity contribution is 0.131. The number of carbonyl (C=O) groups excluding carboxylic acids is 1. The zero-order valence-corrected chi connectivity index (χ0v) is 19.2. The van der Waals surface area contributed by atoms with E-state index in [2.05, 4.69) is 58.0 Å². The van der Waals surface area contributed by atoms with E-state index in [1.807, 2.05) is 30.3 Å². The Balaban J connectivity index is 1.59. The second kappa shape index (κ2) is 9.96. The van der Waals surface area contributed by atoms with Gasteiger partial charge in [-0.05, 0) is 46.0 Å². The first-order valence-electron chi connectivity index (χ1n) is 11.5. The van der Waals surface area contributed by atoms with Crippen LogP contribution in [0.1, 0.15) is 22.6 Å². The molecule has 1 amide bonds. The van der Waals surface area contributed by atoms with Crippen LogP contribution in [0.25, 0.3) is 11.1 Å². The Morgan fingerprint density at radius 3 is 2.42 bits per heavy atom. The molecule has 6 heteroatoms. The van der Waals surface area contributed by atoms with Gasteiger partial charge in [0, 0.05) is 43.7 Å². The highest BCUT2D eigenvalue weighted by molar-refractivity contribution is 6.30. The maximum absolute atomic E-state index is 11.9. The lowest BCUT2D eigenvalue weighted by Gasteiger charge is -2.31. The molecule has 0 spiro atoms. The Morgan fingerprint density at radius 1 is 0.970 bits per heavy atom. The van der Waals surface area contributed by atoms with Gasteiger partial charge in [-0.25, -0.2) is 4.79 Å². The molecule has 2 N–H and O–H groups in total. The molecule has 2 fully saturated rings. The van der Waals surface area contributed by atoms with Gasteiger partial charge in [0.15, 0.2) is 0 Å². The molecule has 2 aliphatic rings. The summed E-state index contributed by atoms with van der Waals surface area (Å²) in [5.41, 5.74) is 5.94. The molecule has 33 heavy (non-hydrogen) atoms. The molecule has 5 nitrogen and oxygen atoms in total. The first-order valence-corrected chi connectivity index (χ1v) is 11.9. The molecule has 0 saturated carbocycles. The van der Waals surface area contributed by atoms with E-state index in [0.29, 0.717) is 11.6 Å². The third-order valence-corrected chi connectivity index (χ3v) is 6.75. The van der Waals surface area contributed by atoms with Gasteiger partial charge in [-0.15, -0.1) is 0 Å². The normalized spacial score (nSPS) is 19.7. The molecule has 2 saturated heterocycles. The van der Waals surface area contributed by atoms with Crippen molar-refractivity contribution in [1.29, 1.82) is 0 Å². The number of halogens is 1. The first-order chi connectivity index (χ1) is 16.2. The Labute approximate surface area is 199 Å². The summed E-state index contributed by atoms with van der Waals surface area (Å²) in [6.45, 7) is 5.37. The number of rotatable bonds is 6. The summed E-state index contributed by atoms with van der Waals surface area (Å²) in [6, 6.07) is 25.1. The highest BCUT2D eigenvalue weighted by atomic mass is 35.5.